The topological polar surface area (TPSA) is 90.1 Å². The highest BCUT2D eigenvalue weighted by Crippen LogP contribution is 2.24. The standard InChI is InChI=1S/C14H14N4O2/c15-13-12(16-5-6-17-13)14(19)18-10-7-9-3-1-2-4-11(9)20-8-10/h1-6,10H,7-8H2,(H2,15,17)(H,18,19)/t10-/m0/s1. The monoisotopic (exact) mass is 270 g/mol. The van der Waals surface area contributed by atoms with Gasteiger partial charge in [0.1, 0.15) is 12.4 Å². The third-order valence-corrected chi connectivity index (χ3v) is 3.16. The molecule has 1 aromatic heterocycles. The lowest BCUT2D eigenvalue weighted by molar-refractivity contribution is 0.0911. The molecule has 3 rings (SSSR count). The molecule has 0 saturated heterocycles. The molecule has 1 amide bonds. The maximum absolute atomic E-state index is 12.1. The van der Waals surface area contributed by atoms with E-state index in [1.165, 1.54) is 12.4 Å². The zero-order chi connectivity index (χ0) is 13.9. The Kier molecular flexibility index (Phi) is 3.20. The normalized spacial score (nSPS) is 16.9. The SMILES string of the molecule is Nc1nccnc1C(=O)N[C@@H]1COc2ccccc2C1. The van der Waals surface area contributed by atoms with Crippen LogP contribution in [0.15, 0.2) is 36.7 Å². The van der Waals surface area contributed by atoms with Gasteiger partial charge in [0.25, 0.3) is 5.91 Å². The van der Waals surface area contributed by atoms with E-state index >= 15 is 0 Å². The molecule has 0 spiro atoms. The zero-order valence-electron chi connectivity index (χ0n) is 10.7. The van der Waals surface area contributed by atoms with Gasteiger partial charge in [-0.15, -0.1) is 0 Å². The largest absolute Gasteiger partial charge is 0.491 e. The molecule has 0 unspecified atom stereocenters. The van der Waals surface area contributed by atoms with Gasteiger partial charge in [0.05, 0.1) is 6.04 Å². The molecule has 1 aromatic carbocycles. The Labute approximate surface area is 116 Å². The highest BCUT2D eigenvalue weighted by Gasteiger charge is 2.23. The summed E-state index contributed by atoms with van der Waals surface area (Å²) in [7, 11) is 0. The van der Waals surface area contributed by atoms with Crippen molar-refractivity contribution in [2.45, 2.75) is 12.5 Å². The number of fused-ring (bicyclic) bond motifs is 1. The minimum atomic E-state index is -0.330. The molecule has 0 saturated carbocycles. The van der Waals surface area contributed by atoms with Gasteiger partial charge < -0.3 is 15.8 Å². The molecule has 1 aliphatic rings. The molecule has 0 fully saturated rings. The number of nitrogens with zero attached hydrogens (tertiary/aromatic N) is 2. The molecule has 0 aliphatic carbocycles. The van der Waals surface area contributed by atoms with E-state index in [-0.39, 0.29) is 23.5 Å². The number of nitrogens with two attached hydrogens (primary N) is 1. The summed E-state index contributed by atoms with van der Waals surface area (Å²) in [5, 5.41) is 2.87. The number of hydrogen-bond acceptors (Lipinski definition) is 5. The first-order chi connectivity index (χ1) is 9.74. The van der Waals surface area contributed by atoms with Crippen LogP contribution >= 0.6 is 0 Å². The van der Waals surface area contributed by atoms with Crippen molar-refractivity contribution in [3.8, 4) is 5.75 Å². The van der Waals surface area contributed by atoms with Gasteiger partial charge in [-0.1, -0.05) is 18.2 Å². The lowest BCUT2D eigenvalue weighted by Crippen LogP contribution is -2.43. The van der Waals surface area contributed by atoms with E-state index in [2.05, 4.69) is 15.3 Å². The average Bonchev–Trinajstić information content (AvgIpc) is 2.47. The summed E-state index contributed by atoms with van der Waals surface area (Å²) in [5.41, 5.74) is 6.86. The number of aromatic nitrogens is 2. The average molecular weight is 270 g/mol. The van der Waals surface area contributed by atoms with E-state index < -0.39 is 0 Å². The summed E-state index contributed by atoms with van der Waals surface area (Å²) in [6.45, 7) is 0.433. The van der Waals surface area contributed by atoms with Crippen molar-refractivity contribution in [1.82, 2.24) is 15.3 Å². The number of nitrogens with one attached hydrogen (secondary N) is 1. The van der Waals surface area contributed by atoms with Gasteiger partial charge in [0.2, 0.25) is 0 Å². The minimum Gasteiger partial charge on any atom is -0.491 e. The van der Waals surface area contributed by atoms with Gasteiger partial charge in [0.15, 0.2) is 11.5 Å². The minimum absolute atomic E-state index is 0.0983. The van der Waals surface area contributed by atoms with Crippen LogP contribution in [-0.2, 0) is 6.42 Å². The molecule has 1 atom stereocenters. The van der Waals surface area contributed by atoms with Gasteiger partial charge >= 0.3 is 0 Å². The first kappa shape index (κ1) is 12.4. The van der Waals surface area contributed by atoms with Crippen LogP contribution in [0.1, 0.15) is 16.1 Å². The van der Waals surface area contributed by atoms with E-state index in [1.54, 1.807) is 0 Å². The summed E-state index contributed by atoms with van der Waals surface area (Å²) >= 11 is 0. The van der Waals surface area contributed by atoms with Gasteiger partial charge in [-0.3, -0.25) is 4.79 Å². The number of carbonyl (C=O) groups excluding carboxylic acids is 1. The molecule has 2 aromatic rings. The third kappa shape index (κ3) is 2.40. The molecule has 6 nitrogen and oxygen atoms in total. The number of hydrogen-bond donors (Lipinski definition) is 2. The van der Waals surface area contributed by atoms with Gasteiger partial charge in [-0.05, 0) is 18.1 Å². The third-order valence-electron chi connectivity index (χ3n) is 3.16. The van der Waals surface area contributed by atoms with Crippen molar-refractivity contribution < 1.29 is 9.53 Å². The Morgan fingerprint density at radius 3 is 2.95 bits per heavy atom. The second kappa shape index (κ2) is 5.16. The van der Waals surface area contributed by atoms with Crippen LogP contribution in [-0.4, -0.2) is 28.5 Å². The Morgan fingerprint density at radius 2 is 2.10 bits per heavy atom. The summed E-state index contributed by atoms with van der Waals surface area (Å²) < 4.78 is 5.62. The Hall–Kier alpha value is -2.63. The van der Waals surface area contributed by atoms with Crippen LogP contribution in [0.25, 0.3) is 0 Å². The van der Waals surface area contributed by atoms with Crippen molar-refractivity contribution in [3.63, 3.8) is 0 Å². The fraction of sp³-hybridized carbons (Fsp3) is 0.214. The summed E-state index contributed by atoms with van der Waals surface area (Å²) in [4.78, 5) is 19.9. The van der Waals surface area contributed by atoms with Gasteiger partial charge in [0, 0.05) is 12.4 Å². The second-order valence-corrected chi connectivity index (χ2v) is 4.58. The fourth-order valence-electron chi connectivity index (χ4n) is 2.20. The Morgan fingerprint density at radius 1 is 1.30 bits per heavy atom. The van der Waals surface area contributed by atoms with E-state index in [1.807, 2.05) is 24.3 Å². The predicted octanol–water partition coefficient (Wildman–Crippen LogP) is 0.792. The molecule has 2 heterocycles. The molecule has 0 radical (unpaired) electrons. The molecule has 0 bridgehead atoms. The zero-order valence-corrected chi connectivity index (χ0v) is 10.7. The number of anilines is 1. The van der Waals surface area contributed by atoms with E-state index in [4.69, 9.17) is 10.5 Å². The molecule has 1 aliphatic heterocycles. The smallest absolute Gasteiger partial charge is 0.274 e. The highest BCUT2D eigenvalue weighted by molar-refractivity contribution is 5.96. The summed E-state index contributed by atoms with van der Waals surface area (Å²) in [5.74, 6) is 0.669. The van der Waals surface area contributed by atoms with Crippen molar-refractivity contribution >= 4 is 11.7 Å². The Balaban J connectivity index is 1.71. The van der Waals surface area contributed by atoms with Crippen LogP contribution in [0, 0.1) is 0 Å². The number of para-hydroxylation sites is 1. The number of amides is 1. The van der Waals surface area contributed by atoms with Gasteiger partial charge in [-0.2, -0.15) is 0 Å². The molecular formula is C14H14N4O2. The first-order valence-corrected chi connectivity index (χ1v) is 6.32. The molecule has 6 heteroatoms. The maximum Gasteiger partial charge on any atom is 0.274 e. The number of carbonyl (C=O) groups is 1. The van der Waals surface area contributed by atoms with Crippen molar-refractivity contribution in [2.75, 3.05) is 12.3 Å². The molecule has 3 N–H and O–H groups in total. The van der Waals surface area contributed by atoms with Crippen molar-refractivity contribution in [3.05, 3.63) is 47.9 Å². The van der Waals surface area contributed by atoms with Crippen LogP contribution in [0.2, 0.25) is 0 Å². The van der Waals surface area contributed by atoms with E-state index in [0.29, 0.717) is 6.61 Å². The second-order valence-electron chi connectivity index (χ2n) is 4.58. The van der Waals surface area contributed by atoms with Crippen LogP contribution in [0.3, 0.4) is 0 Å². The molecule has 20 heavy (non-hydrogen) atoms. The number of rotatable bonds is 2. The van der Waals surface area contributed by atoms with Crippen LogP contribution < -0.4 is 15.8 Å². The van der Waals surface area contributed by atoms with Crippen LogP contribution in [0.5, 0.6) is 5.75 Å². The van der Waals surface area contributed by atoms with Crippen molar-refractivity contribution in [2.24, 2.45) is 0 Å². The van der Waals surface area contributed by atoms with E-state index in [9.17, 15) is 4.79 Å². The number of ether oxygens (including phenoxy) is 1. The summed E-state index contributed by atoms with van der Waals surface area (Å²) in [6, 6.07) is 7.70. The first-order valence-electron chi connectivity index (χ1n) is 6.32. The quantitative estimate of drug-likeness (QED) is 0.842. The van der Waals surface area contributed by atoms with E-state index in [0.717, 1.165) is 17.7 Å². The number of nitrogen functional groups attached to an aromatic ring is 1. The van der Waals surface area contributed by atoms with Crippen LogP contribution in [0.4, 0.5) is 5.82 Å². The molecule has 102 valence electrons. The fourth-order valence-corrected chi connectivity index (χ4v) is 2.20. The van der Waals surface area contributed by atoms with Gasteiger partial charge in [-0.25, -0.2) is 9.97 Å². The summed E-state index contributed by atoms with van der Waals surface area (Å²) in [6.07, 6.45) is 3.62. The molecular weight excluding hydrogens is 256 g/mol. The number of benzene rings is 1. The Bertz CT molecular complexity index is 645. The van der Waals surface area contributed by atoms with Crippen molar-refractivity contribution in [1.29, 1.82) is 0 Å². The lowest BCUT2D eigenvalue weighted by atomic mass is 10.0. The highest BCUT2D eigenvalue weighted by atomic mass is 16.5. The lowest BCUT2D eigenvalue weighted by Gasteiger charge is -2.25. The predicted molar refractivity (Wildman–Crippen MR) is 73.3 cm³/mol. The maximum atomic E-state index is 12.1.